The Balaban J connectivity index is 1.95. The lowest BCUT2D eigenvalue weighted by Gasteiger charge is -2.32. The summed E-state index contributed by atoms with van der Waals surface area (Å²) in [5.74, 6) is 0.860. The average molecular weight is 299 g/mol. The van der Waals surface area contributed by atoms with E-state index in [-0.39, 0.29) is 12.6 Å². The molecule has 2 N–H and O–H groups in total. The van der Waals surface area contributed by atoms with Crippen LogP contribution in [0.1, 0.15) is 12.7 Å². The van der Waals surface area contributed by atoms with E-state index in [1.807, 2.05) is 11.5 Å². The summed E-state index contributed by atoms with van der Waals surface area (Å²) in [4.78, 5) is 24.6. The Morgan fingerprint density at radius 3 is 3.10 bits per heavy atom. The van der Waals surface area contributed by atoms with Gasteiger partial charge < -0.3 is 19.9 Å². The summed E-state index contributed by atoms with van der Waals surface area (Å²) >= 11 is 1.55. The molecule has 2 rings (SSSR count). The topological polar surface area (TPSA) is 100 Å². The van der Waals surface area contributed by atoms with Crippen molar-refractivity contribution < 1.29 is 14.7 Å². The Morgan fingerprint density at radius 2 is 2.40 bits per heavy atom. The number of carboxylic acid groups (broad SMARTS) is 1. The summed E-state index contributed by atoms with van der Waals surface area (Å²) in [6, 6.07) is -1.14. The standard InChI is InChI=1S/C11H17N5O3S/c1-2-15-7-13-14-9(15)5-12-11(19)16-3-4-20-6-8(16)10(17)18/h7-8H,2-6H2,1H3,(H,12,19)(H,17,18). The van der Waals surface area contributed by atoms with Gasteiger partial charge in [0.2, 0.25) is 0 Å². The number of aliphatic carboxylic acids is 1. The largest absolute Gasteiger partial charge is 0.480 e. The summed E-state index contributed by atoms with van der Waals surface area (Å²) in [6.45, 7) is 3.35. The minimum Gasteiger partial charge on any atom is -0.480 e. The van der Waals surface area contributed by atoms with E-state index < -0.39 is 12.0 Å². The van der Waals surface area contributed by atoms with Crippen molar-refractivity contribution in [2.75, 3.05) is 18.1 Å². The first-order valence-corrected chi connectivity index (χ1v) is 7.50. The van der Waals surface area contributed by atoms with Crippen molar-refractivity contribution in [3.05, 3.63) is 12.2 Å². The monoisotopic (exact) mass is 299 g/mol. The maximum Gasteiger partial charge on any atom is 0.327 e. The summed E-state index contributed by atoms with van der Waals surface area (Å²) in [7, 11) is 0. The molecule has 1 aromatic heterocycles. The fourth-order valence-corrected chi connectivity index (χ4v) is 3.03. The van der Waals surface area contributed by atoms with Crippen LogP contribution < -0.4 is 5.32 Å². The first kappa shape index (κ1) is 14.6. The van der Waals surface area contributed by atoms with Gasteiger partial charge in [-0.3, -0.25) is 0 Å². The van der Waals surface area contributed by atoms with Crippen molar-refractivity contribution in [2.45, 2.75) is 26.1 Å². The number of carbonyl (C=O) groups excluding carboxylic acids is 1. The van der Waals surface area contributed by atoms with E-state index in [9.17, 15) is 9.59 Å². The number of hydrogen-bond donors (Lipinski definition) is 2. The molecule has 0 aromatic carbocycles. The Hall–Kier alpha value is -1.77. The first-order valence-electron chi connectivity index (χ1n) is 6.35. The fourth-order valence-electron chi connectivity index (χ4n) is 1.99. The molecule has 2 heterocycles. The van der Waals surface area contributed by atoms with Crippen LogP contribution in [0.3, 0.4) is 0 Å². The molecular weight excluding hydrogens is 282 g/mol. The van der Waals surface area contributed by atoms with Gasteiger partial charge in [-0.1, -0.05) is 0 Å². The number of nitrogens with one attached hydrogen (secondary N) is 1. The third-order valence-electron chi connectivity index (χ3n) is 3.11. The number of amides is 2. The van der Waals surface area contributed by atoms with E-state index >= 15 is 0 Å². The molecule has 9 heteroatoms. The SMILES string of the molecule is CCn1cnnc1CNC(=O)N1CCSCC1C(=O)O. The number of thioether (sulfide) groups is 1. The highest BCUT2D eigenvalue weighted by molar-refractivity contribution is 7.99. The molecule has 110 valence electrons. The van der Waals surface area contributed by atoms with E-state index in [4.69, 9.17) is 5.11 Å². The summed E-state index contributed by atoms with van der Waals surface area (Å²) in [5, 5.41) is 19.5. The van der Waals surface area contributed by atoms with E-state index in [1.165, 1.54) is 4.90 Å². The third-order valence-corrected chi connectivity index (χ3v) is 4.13. The number of rotatable bonds is 4. The minimum absolute atomic E-state index is 0.239. The molecule has 1 unspecified atom stereocenters. The van der Waals surface area contributed by atoms with Gasteiger partial charge in [0.05, 0.1) is 6.54 Å². The molecule has 0 aliphatic carbocycles. The van der Waals surface area contributed by atoms with E-state index in [1.54, 1.807) is 18.1 Å². The maximum atomic E-state index is 12.1. The smallest absolute Gasteiger partial charge is 0.327 e. The molecule has 0 radical (unpaired) electrons. The summed E-state index contributed by atoms with van der Waals surface area (Å²) < 4.78 is 1.82. The van der Waals surface area contributed by atoms with E-state index in [0.717, 1.165) is 12.3 Å². The molecule has 0 spiro atoms. The van der Waals surface area contributed by atoms with Gasteiger partial charge in [0.15, 0.2) is 5.82 Å². The first-order chi connectivity index (χ1) is 9.63. The number of aryl methyl sites for hydroxylation is 1. The van der Waals surface area contributed by atoms with Crippen LogP contribution in [0.4, 0.5) is 4.79 Å². The van der Waals surface area contributed by atoms with Crippen molar-refractivity contribution >= 4 is 23.8 Å². The highest BCUT2D eigenvalue weighted by atomic mass is 32.2. The number of hydrogen-bond acceptors (Lipinski definition) is 5. The molecule has 8 nitrogen and oxygen atoms in total. The van der Waals surface area contributed by atoms with Crippen molar-refractivity contribution in [2.24, 2.45) is 0 Å². The normalized spacial score (nSPS) is 18.9. The summed E-state index contributed by atoms with van der Waals surface area (Å²) in [6.07, 6.45) is 1.60. The second-order valence-electron chi connectivity index (χ2n) is 4.31. The number of carbonyl (C=O) groups is 2. The third kappa shape index (κ3) is 3.21. The average Bonchev–Trinajstić information content (AvgIpc) is 2.92. The van der Waals surface area contributed by atoms with Gasteiger partial charge in [0, 0.05) is 24.6 Å². The lowest BCUT2D eigenvalue weighted by Crippen LogP contribution is -2.53. The predicted molar refractivity (Wildman–Crippen MR) is 73.4 cm³/mol. The van der Waals surface area contributed by atoms with Crippen molar-refractivity contribution in [1.29, 1.82) is 0 Å². The molecule has 20 heavy (non-hydrogen) atoms. The second kappa shape index (κ2) is 6.60. The zero-order valence-corrected chi connectivity index (χ0v) is 12.0. The van der Waals surface area contributed by atoms with Crippen molar-refractivity contribution in [1.82, 2.24) is 25.0 Å². The minimum atomic E-state index is -0.968. The lowest BCUT2D eigenvalue weighted by atomic mass is 10.3. The van der Waals surface area contributed by atoms with Crippen LogP contribution in [0.5, 0.6) is 0 Å². The van der Waals surface area contributed by atoms with Crippen molar-refractivity contribution in [3.8, 4) is 0 Å². The lowest BCUT2D eigenvalue weighted by molar-refractivity contribution is -0.141. The van der Waals surface area contributed by atoms with Gasteiger partial charge in [-0.25, -0.2) is 9.59 Å². The predicted octanol–water partition coefficient (Wildman–Crippen LogP) is 0.00960. The molecule has 1 aliphatic rings. The van der Waals surface area contributed by atoms with Gasteiger partial charge >= 0.3 is 12.0 Å². The van der Waals surface area contributed by atoms with Crippen molar-refractivity contribution in [3.63, 3.8) is 0 Å². The number of aromatic nitrogens is 3. The molecule has 1 atom stereocenters. The van der Waals surface area contributed by atoms with Gasteiger partial charge in [-0.05, 0) is 6.92 Å². The van der Waals surface area contributed by atoms with Gasteiger partial charge in [0.1, 0.15) is 12.4 Å². The Morgan fingerprint density at radius 1 is 1.60 bits per heavy atom. The Labute approximate surface area is 120 Å². The van der Waals surface area contributed by atoms with Crippen LogP contribution >= 0.6 is 11.8 Å². The number of carboxylic acids is 1. The van der Waals surface area contributed by atoms with Crippen LogP contribution in [-0.4, -0.2) is 60.9 Å². The van der Waals surface area contributed by atoms with Crippen LogP contribution in [0.2, 0.25) is 0 Å². The molecule has 1 aliphatic heterocycles. The van der Waals surface area contributed by atoms with Crippen LogP contribution in [-0.2, 0) is 17.9 Å². The quantitative estimate of drug-likeness (QED) is 0.812. The van der Waals surface area contributed by atoms with Gasteiger partial charge in [-0.2, -0.15) is 11.8 Å². The Bertz CT molecular complexity index is 492. The zero-order valence-electron chi connectivity index (χ0n) is 11.2. The number of urea groups is 1. The summed E-state index contributed by atoms with van der Waals surface area (Å²) in [5.41, 5.74) is 0. The van der Waals surface area contributed by atoms with Gasteiger partial charge in [-0.15, -0.1) is 10.2 Å². The van der Waals surface area contributed by atoms with Gasteiger partial charge in [0.25, 0.3) is 0 Å². The molecule has 1 fully saturated rings. The highest BCUT2D eigenvalue weighted by Crippen LogP contribution is 2.16. The molecule has 2 amide bonds. The fraction of sp³-hybridized carbons (Fsp3) is 0.636. The second-order valence-corrected chi connectivity index (χ2v) is 5.46. The zero-order chi connectivity index (χ0) is 14.5. The molecule has 0 saturated carbocycles. The molecule has 0 bridgehead atoms. The molecular formula is C11H17N5O3S. The van der Waals surface area contributed by atoms with Crippen LogP contribution in [0.15, 0.2) is 6.33 Å². The highest BCUT2D eigenvalue weighted by Gasteiger charge is 2.32. The number of nitrogens with zero attached hydrogens (tertiary/aromatic N) is 4. The van der Waals surface area contributed by atoms with E-state index in [0.29, 0.717) is 18.1 Å². The Kier molecular flexibility index (Phi) is 4.83. The maximum absolute atomic E-state index is 12.1. The van der Waals surface area contributed by atoms with E-state index in [2.05, 4.69) is 15.5 Å². The van der Waals surface area contributed by atoms with Crippen LogP contribution in [0, 0.1) is 0 Å². The molecule has 1 saturated heterocycles. The molecule has 1 aromatic rings. The van der Waals surface area contributed by atoms with Crippen LogP contribution in [0.25, 0.3) is 0 Å².